The van der Waals surface area contributed by atoms with Crippen molar-refractivity contribution in [2.24, 2.45) is 5.14 Å². The zero-order valence-corrected chi connectivity index (χ0v) is 19.5. The maximum absolute atomic E-state index is 13.2. The maximum Gasteiger partial charge on any atom is 0.340 e. The molecular weight excluding hydrogens is 476 g/mol. The van der Waals surface area contributed by atoms with Gasteiger partial charge in [0.2, 0.25) is 10.0 Å². The molecule has 0 aliphatic rings. The number of furan rings is 1. The van der Waals surface area contributed by atoms with Gasteiger partial charge in [-0.25, -0.2) is 18.4 Å². The third-order valence-corrected chi connectivity index (χ3v) is 6.42. The molecule has 34 heavy (non-hydrogen) atoms. The molecule has 2 N–H and O–H groups in total. The molecule has 0 atom stereocenters. The van der Waals surface area contributed by atoms with Crippen molar-refractivity contribution in [3.8, 4) is 0 Å². The fourth-order valence-corrected chi connectivity index (χ4v) is 4.52. The number of hydrogen-bond donors (Lipinski definition) is 1. The molecule has 0 amide bonds. The van der Waals surface area contributed by atoms with E-state index >= 15 is 0 Å². The average molecular weight is 497 g/mol. The minimum atomic E-state index is -4.19. The van der Waals surface area contributed by atoms with Crippen LogP contribution in [0.1, 0.15) is 21.7 Å². The highest BCUT2D eigenvalue weighted by Crippen LogP contribution is 2.36. The minimum Gasteiger partial charge on any atom is -0.467 e. The molecule has 0 bridgehead atoms. The largest absolute Gasteiger partial charge is 0.467 e. The zero-order valence-electron chi connectivity index (χ0n) is 17.9. The van der Waals surface area contributed by atoms with Crippen LogP contribution in [0.3, 0.4) is 0 Å². The summed E-state index contributed by atoms with van der Waals surface area (Å²) in [6, 6.07) is 24.5. The molecular formula is C25H21ClN2O5S. The standard InChI is InChI=1S/C25H21ClN2O5S/c26-22-15-23(28(16-20-12-7-13-32-20)19-10-5-2-6-11-19)21(14-24(22)34(27,30)31)25(29)33-17-18-8-3-1-4-9-18/h1-15H,16-17H2,(H2,27,30,31). The van der Waals surface area contributed by atoms with Gasteiger partial charge in [0, 0.05) is 5.69 Å². The lowest BCUT2D eigenvalue weighted by atomic mass is 10.1. The quantitative estimate of drug-likeness (QED) is 0.333. The predicted molar refractivity (Wildman–Crippen MR) is 129 cm³/mol. The Labute approximate surface area is 202 Å². The van der Waals surface area contributed by atoms with E-state index in [9.17, 15) is 13.2 Å². The molecule has 4 aromatic rings. The molecule has 7 nitrogen and oxygen atoms in total. The summed E-state index contributed by atoms with van der Waals surface area (Å²) in [7, 11) is -4.19. The van der Waals surface area contributed by atoms with Gasteiger partial charge in [0.05, 0.1) is 29.1 Å². The number of nitrogens with zero attached hydrogens (tertiary/aromatic N) is 1. The fraction of sp³-hybridized carbons (Fsp3) is 0.0800. The Kier molecular flexibility index (Phi) is 7.02. The topological polar surface area (TPSA) is 103 Å². The van der Waals surface area contributed by atoms with Crippen LogP contribution in [0.2, 0.25) is 5.02 Å². The first-order valence-electron chi connectivity index (χ1n) is 10.3. The number of para-hydroxylation sites is 1. The smallest absolute Gasteiger partial charge is 0.340 e. The monoisotopic (exact) mass is 496 g/mol. The summed E-state index contributed by atoms with van der Waals surface area (Å²) in [4.78, 5) is 14.6. The van der Waals surface area contributed by atoms with Crippen LogP contribution in [-0.4, -0.2) is 14.4 Å². The molecule has 9 heteroatoms. The lowest BCUT2D eigenvalue weighted by molar-refractivity contribution is 0.0473. The molecule has 0 aliphatic heterocycles. The van der Waals surface area contributed by atoms with E-state index in [1.54, 1.807) is 23.3 Å². The zero-order chi connectivity index (χ0) is 24.1. The maximum atomic E-state index is 13.2. The Bertz CT molecular complexity index is 1380. The Balaban J connectivity index is 1.81. The summed E-state index contributed by atoms with van der Waals surface area (Å²) >= 11 is 6.32. The van der Waals surface area contributed by atoms with Crippen molar-refractivity contribution in [2.75, 3.05) is 4.90 Å². The van der Waals surface area contributed by atoms with Crippen LogP contribution >= 0.6 is 11.6 Å². The minimum absolute atomic E-state index is 0.000217. The number of anilines is 2. The molecule has 0 fully saturated rings. The van der Waals surface area contributed by atoms with Gasteiger partial charge in [-0.15, -0.1) is 0 Å². The average Bonchev–Trinajstić information content (AvgIpc) is 3.35. The number of ether oxygens (including phenoxy) is 1. The first-order valence-corrected chi connectivity index (χ1v) is 12.2. The van der Waals surface area contributed by atoms with Crippen molar-refractivity contribution in [3.05, 3.63) is 113 Å². The fourth-order valence-electron chi connectivity index (χ4n) is 3.43. The highest BCUT2D eigenvalue weighted by molar-refractivity contribution is 7.89. The number of sulfonamides is 1. The first-order chi connectivity index (χ1) is 16.3. The van der Waals surface area contributed by atoms with Crippen LogP contribution < -0.4 is 10.0 Å². The number of carbonyl (C=O) groups excluding carboxylic acids is 1. The lowest BCUT2D eigenvalue weighted by Crippen LogP contribution is -2.21. The molecule has 0 aliphatic carbocycles. The van der Waals surface area contributed by atoms with Gasteiger partial charge in [-0.2, -0.15) is 0 Å². The van der Waals surface area contributed by atoms with Crippen molar-refractivity contribution >= 4 is 39.0 Å². The summed E-state index contributed by atoms with van der Waals surface area (Å²) in [6.45, 7) is 0.261. The van der Waals surface area contributed by atoms with Crippen LogP contribution in [0, 0.1) is 0 Å². The van der Waals surface area contributed by atoms with Crippen molar-refractivity contribution < 1.29 is 22.4 Å². The van der Waals surface area contributed by atoms with Gasteiger partial charge in [-0.1, -0.05) is 60.1 Å². The van der Waals surface area contributed by atoms with Gasteiger partial charge in [-0.3, -0.25) is 0 Å². The number of rotatable bonds is 8. The predicted octanol–water partition coefficient (Wildman–Crippen LogP) is 5.28. The molecule has 4 rings (SSSR count). The van der Waals surface area contributed by atoms with Crippen molar-refractivity contribution in [1.29, 1.82) is 0 Å². The second-order valence-corrected chi connectivity index (χ2v) is 9.34. The molecule has 0 saturated carbocycles. The lowest BCUT2D eigenvalue weighted by Gasteiger charge is -2.27. The van der Waals surface area contributed by atoms with Crippen LogP contribution in [0.4, 0.5) is 11.4 Å². The second-order valence-electron chi connectivity index (χ2n) is 7.41. The van der Waals surface area contributed by atoms with E-state index in [1.165, 1.54) is 6.07 Å². The van der Waals surface area contributed by atoms with Crippen LogP contribution in [-0.2, 0) is 27.9 Å². The summed E-state index contributed by atoms with van der Waals surface area (Å²) in [5.74, 6) is -0.0973. The van der Waals surface area contributed by atoms with Crippen molar-refractivity contribution in [1.82, 2.24) is 0 Å². The Morgan fingerprint density at radius 2 is 1.65 bits per heavy atom. The molecule has 1 heterocycles. The number of esters is 1. The van der Waals surface area contributed by atoms with E-state index in [1.807, 2.05) is 60.7 Å². The SMILES string of the molecule is NS(=O)(=O)c1cc(C(=O)OCc2ccccc2)c(N(Cc2ccco2)c2ccccc2)cc1Cl. The molecule has 1 aromatic heterocycles. The molecule has 174 valence electrons. The number of primary sulfonamides is 1. The summed E-state index contributed by atoms with van der Waals surface area (Å²) < 4.78 is 35.3. The number of halogens is 1. The van der Waals surface area contributed by atoms with Crippen LogP contribution in [0.15, 0.2) is 101 Å². The molecule has 0 saturated heterocycles. The number of benzene rings is 3. The summed E-state index contributed by atoms with van der Waals surface area (Å²) in [6.07, 6.45) is 1.55. The van der Waals surface area contributed by atoms with Gasteiger partial charge in [0.15, 0.2) is 0 Å². The van der Waals surface area contributed by atoms with Gasteiger partial charge in [0.25, 0.3) is 0 Å². The molecule has 0 spiro atoms. The number of carbonyl (C=O) groups is 1. The van der Waals surface area contributed by atoms with E-state index in [0.717, 1.165) is 17.3 Å². The van der Waals surface area contributed by atoms with E-state index in [2.05, 4.69) is 0 Å². The molecule has 0 radical (unpaired) electrons. The van der Waals surface area contributed by atoms with E-state index < -0.39 is 16.0 Å². The Hall–Kier alpha value is -3.59. The number of nitrogens with two attached hydrogens (primary N) is 1. The van der Waals surface area contributed by atoms with Crippen LogP contribution in [0.25, 0.3) is 0 Å². The van der Waals surface area contributed by atoms with Crippen molar-refractivity contribution in [3.63, 3.8) is 0 Å². The van der Waals surface area contributed by atoms with Crippen molar-refractivity contribution in [2.45, 2.75) is 18.0 Å². The Morgan fingerprint density at radius 3 is 2.26 bits per heavy atom. The highest BCUT2D eigenvalue weighted by Gasteiger charge is 2.26. The summed E-state index contributed by atoms with van der Waals surface area (Å²) in [5.41, 5.74) is 1.86. The van der Waals surface area contributed by atoms with Gasteiger partial charge in [0.1, 0.15) is 17.3 Å². The Morgan fingerprint density at radius 1 is 0.971 bits per heavy atom. The van der Waals surface area contributed by atoms with Gasteiger partial charge >= 0.3 is 5.97 Å². The van der Waals surface area contributed by atoms with Gasteiger partial charge in [-0.05, 0) is 42.0 Å². The van der Waals surface area contributed by atoms with E-state index in [-0.39, 0.29) is 28.6 Å². The van der Waals surface area contributed by atoms with E-state index in [4.69, 9.17) is 25.9 Å². The van der Waals surface area contributed by atoms with Gasteiger partial charge < -0.3 is 14.1 Å². The highest BCUT2D eigenvalue weighted by atomic mass is 35.5. The summed E-state index contributed by atoms with van der Waals surface area (Å²) in [5, 5.41) is 5.23. The third kappa shape index (κ3) is 5.48. The molecule has 3 aromatic carbocycles. The number of hydrogen-bond acceptors (Lipinski definition) is 6. The van der Waals surface area contributed by atoms with E-state index in [0.29, 0.717) is 11.4 Å². The molecule has 0 unspecified atom stereocenters. The third-order valence-electron chi connectivity index (χ3n) is 5.04. The van der Waals surface area contributed by atoms with Crippen LogP contribution in [0.5, 0.6) is 0 Å². The second kappa shape index (κ2) is 10.1. The first kappa shape index (κ1) is 23.6. The normalized spacial score (nSPS) is 11.2.